The maximum Gasteiger partial charge on any atom is 0.147 e. The molecule has 0 unspecified atom stereocenters. The third kappa shape index (κ3) is 0.774. The molecule has 0 fully saturated rings. The standard InChI is InChI=1S/C8H9N3/c1-11-5-3-6-2-4-10-8(9)7(6)11/h2-5H,1H3,(H2,9,10). The van der Waals surface area contributed by atoms with Gasteiger partial charge >= 0.3 is 0 Å². The van der Waals surface area contributed by atoms with E-state index in [1.807, 2.05) is 29.9 Å². The van der Waals surface area contributed by atoms with Gasteiger partial charge in [0, 0.05) is 24.8 Å². The van der Waals surface area contributed by atoms with Crippen molar-refractivity contribution in [3.8, 4) is 0 Å². The summed E-state index contributed by atoms with van der Waals surface area (Å²) in [6, 6.07) is 3.97. The first kappa shape index (κ1) is 6.22. The Bertz CT molecular complexity index is 389. The first-order chi connectivity index (χ1) is 5.29. The average Bonchev–Trinajstić information content (AvgIpc) is 2.34. The minimum Gasteiger partial charge on any atom is -0.382 e. The number of nitrogens with zero attached hydrogens (tertiary/aromatic N) is 2. The van der Waals surface area contributed by atoms with E-state index in [9.17, 15) is 0 Å². The summed E-state index contributed by atoms with van der Waals surface area (Å²) in [6.07, 6.45) is 3.69. The summed E-state index contributed by atoms with van der Waals surface area (Å²) < 4.78 is 1.97. The van der Waals surface area contributed by atoms with Gasteiger partial charge in [0.2, 0.25) is 0 Å². The van der Waals surface area contributed by atoms with Crippen LogP contribution in [-0.2, 0) is 7.05 Å². The van der Waals surface area contributed by atoms with E-state index < -0.39 is 0 Å². The van der Waals surface area contributed by atoms with Crippen LogP contribution in [0.5, 0.6) is 0 Å². The first-order valence-corrected chi connectivity index (χ1v) is 3.44. The van der Waals surface area contributed by atoms with E-state index in [2.05, 4.69) is 4.98 Å². The third-order valence-corrected chi connectivity index (χ3v) is 1.81. The van der Waals surface area contributed by atoms with Gasteiger partial charge in [0.15, 0.2) is 0 Å². The van der Waals surface area contributed by atoms with E-state index in [0.717, 1.165) is 10.9 Å². The molecule has 0 saturated heterocycles. The van der Waals surface area contributed by atoms with Gasteiger partial charge in [-0.15, -0.1) is 0 Å². The molecule has 2 heterocycles. The second-order valence-electron chi connectivity index (χ2n) is 2.56. The number of pyridine rings is 1. The van der Waals surface area contributed by atoms with Crippen molar-refractivity contribution < 1.29 is 0 Å². The zero-order chi connectivity index (χ0) is 7.84. The van der Waals surface area contributed by atoms with Crippen LogP contribution < -0.4 is 5.73 Å². The molecule has 3 nitrogen and oxygen atoms in total. The van der Waals surface area contributed by atoms with Crippen LogP contribution >= 0.6 is 0 Å². The van der Waals surface area contributed by atoms with Crippen molar-refractivity contribution in [2.24, 2.45) is 7.05 Å². The number of aromatic nitrogens is 2. The fraction of sp³-hybridized carbons (Fsp3) is 0.125. The fourth-order valence-corrected chi connectivity index (χ4v) is 1.27. The number of nitrogens with two attached hydrogens (primary N) is 1. The lowest BCUT2D eigenvalue weighted by Crippen LogP contribution is -1.94. The highest BCUT2D eigenvalue weighted by Gasteiger charge is 2.00. The van der Waals surface area contributed by atoms with Crippen molar-refractivity contribution in [1.82, 2.24) is 9.55 Å². The van der Waals surface area contributed by atoms with Crippen LogP contribution in [0.3, 0.4) is 0 Å². The topological polar surface area (TPSA) is 43.8 Å². The molecule has 0 aliphatic heterocycles. The largest absolute Gasteiger partial charge is 0.382 e. The highest BCUT2D eigenvalue weighted by molar-refractivity contribution is 5.88. The molecule has 11 heavy (non-hydrogen) atoms. The Labute approximate surface area is 64.5 Å². The van der Waals surface area contributed by atoms with E-state index in [0.29, 0.717) is 5.82 Å². The van der Waals surface area contributed by atoms with Crippen molar-refractivity contribution in [2.45, 2.75) is 0 Å². The van der Waals surface area contributed by atoms with Crippen molar-refractivity contribution in [3.63, 3.8) is 0 Å². The third-order valence-electron chi connectivity index (χ3n) is 1.81. The molecule has 0 aliphatic rings. The molecular weight excluding hydrogens is 138 g/mol. The molecule has 2 aromatic heterocycles. The lowest BCUT2D eigenvalue weighted by Gasteiger charge is -1.97. The van der Waals surface area contributed by atoms with E-state index >= 15 is 0 Å². The summed E-state index contributed by atoms with van der Waals surface area (Å²) in [7, 11) is 1.96. The van der Waals surface area contributed by atoms with Gasteiger partial charge in [0.25, 0.3) is 0 Å². The van der Waals surface area contributed by atoms with Gasteiger partial charge in [0.05, 0.1) is 5.52 Å². The lowest BCUT2D eigenvalue weighted by atomic mass is 10.3. The highest BCUT2D eigenvalue weighted by Crippen LogP contribution is 2.17. The van der Waals surface area contributed by atoms with E-state index in [-0.39, 0.29) is 0 Å². The van der Waals surface area contributed by atoms with Gasteiger partial charge < -0.3 is 10.3 Å². The average molecular weight is 147 g/mol. The number of nitrogen functional groups attached to an aromatic ring is 1. The minimum atomic E-state index is 0.593. The molecule has 56 valence electrons. The Morgan fingerprint density at radius 1 is 1.45 bits per heavy atom. The summed E-state index contributed by atoms with van der Waals surface area (Å²) in [6.45, 7) is 0. The van der Waals surface area contributed by atoms with Gasteiger partial charge in [-0.25, -0.2) is 4.98 Å². The van der Waals surface area contributed by atoms with Crippen LogP contribution in [0, 0.1) is 0 Å². The number of rotatable bonds is 0. The number of aryl methyl sites for hydroxylation is 1. The van der Waals surface area contributed by atoms with Crippen LogP contribution in [0.1, 0.15) is 0 Å². The van der Waals surface area contributed by atoms with Gasteiger partial charge in [0.1, 0.15) is 5.82 Å². The Balaban J connectivity index is 2.96. The smallest absolute Gasteiger partial charge is 0.147 e. The normalized spacial score (nSPS) is 10.6. The Morgan fingerprint density at radius 3 is 3.00 bits per heavy atom. The van der Waals surface area contributed by atoms with Crippen LogP contribution in [-0.4, -0.2) is 9.55 Å². The molecule has 2 rings (SSSR count). The monoisotopic (exact) mass is 147 g/mol. The molecule has 2 N–H and O–H groups in total. The lowest BCUT2D eigenvalue weighted by molar-refractivity contribution is 0.967. The molecule has 0 aliphatic carbocycles. The summed E-state index contributed by atoms with van der Waals surface area (Å²) in [4.78, 5) is 4.00. The summed E-state index contributed by atoms with van der Waals surface area (Å²) in [5, 5.41) is 1.14. The van der Waals surface area contributed by atoms with Crippen molar-refractivity contribution in [2.75, 3.05) is 5.73 Å². The molecule has 0 amide bonds. The van der Waals surface area contributed by atoms with Crippen molar-refractivity contribution in [3.05, 3.63) is 24.5 Å². The maximum atomic E-state index is 5.67. The molecule has 0 spiro atoms. The SMILES string of the molecule is Cn1ccc2ccnc(N)c21. The Hall–Kier alpha value is -1.51. The van der Waals surface area contributed by atoms with Gasteiger partial charge in [-0.2, -0.15) is 0 Å². The Kier molecular flexibility index (Phi) is 1.12. The quantitative estimate of drug-likeness (QED) is 0.607. The number of anilines is 1. The second-order valence-corrected chi connectivity index (χ2v) is 2.56. The molecule has 0 bridgehead atoms. The molecule has 3 heteroatoms. The van der Waals surface area contributed by atoms with Crippen molar-refractivity contribution in [1.29, 1.82) is 0 Å². The molecule has 0 atom stereocenters. The molecule has 0 radical (unpaired) electrons. The molecular formula is C8H9N3. The summed E-state index contributed by atoms with van der Waals surface area (Å²) >= 11 is 0. The van der Waals surface area contributed by atoms with Crippen molar-refractivity contribution >= 4 is 16.7 Å². The molecule has 2 aromatic rings. The first-order valence-electron chi connectivity index (χ1n) is 3.44. The predicted octanol–water partition coefficient (Wildman–Crippen LogP) is 1.16. The van der Waals surface area contributed by atoms with Crippen LogP contribution in [0.25, 0.3) is 10.9 Å². The minimum absolute atomic E-state index is 0.593. The van der Waals surface area contributed by atoms with Crippen LogP contribution in [0.2, 0.25) is 0 Å². The molecule has 0 aromatic carbocycles. The van der Waals surface area contributed by atoms with E-state index in [1.54, 1.807) is 6.20 Å². The van der Waals surface area contributed by atoms with E-state index in [4.69, 9.17) is 5.73 Å². The second kappa shape index (κ2) is 1.99. The van der Waals surface area contributed by atoms with Crippen LogP contribution in [0.4, 0.5) is 5.82 Å². The van der Waals surface area contributed by atoms with E-state index in [1.165, 1.54) is 0 Å². The zero-order valence-corrected chi connectivity index (χ0v) is 6.28. The predicted molar refractivity (Wildman–Crippen MR) is 45.1 cm³/mol. The van der Waals surface area contributed by atoms with Gasteiger partial charge in [-0.3, -0.25) is 0 Å². The highest BCUT2D eigenvalue weighted by atomic mass is 15.0. The maximum absolute atomic E-state index is 5.67. The molecule has 0 saturated carbocycles. The number of hydrogen-bond acceptors (Lipinski definition) is 2. The summed E-state index contributed by atoms with van der Waals surface area (Å²) in [5.74, 6) is 0.593. The zero-order valence-electron chi connectivity index (χ0n) is 6.28. The Morgan fingerprint density at radius 2 is 2.27 bits per heavy atom. The fourth-order valence-electron chi connectivity index (χ4n) is 1.27. The van der Waals surface area contributed by atoms with Gasteiger partial charge in [-0.1, -0.05) is 0 Å². The van der Waals surface area contributed by atoms with Crippen LogP contribution in [0.15, 0.2) is 24.5 Å². The van der Waals surface area contributed by atoms with Gasteiger partial charge in [-0.05, 0) is 12.1 Å². The number of fused-ring (bicyclic) bond motifs is 1. The summed E-state index contributed by atoms with van der Waals surface area (Å²) in [5.41, 5.74) is 6.68. The number of hydrogen-bond donors (Lipinski definition) is 1.